The lowest BCUT2D eigenvalue weighted by atomic mass is 10.1. The quantitative estimate of drug-likeness (QED) is 0.746. The van der Waals surface area contributed by atoms with Gasteiger partial charge in [0.2, 0.25) is 0 Å². The number of anilines is 2. The first-order valence-electron chi connectivity index (χ1n) is 6.66. The Morgan fingerprint density at radius 1 is 0.800 bits per heavy atom. The van der Waals surface area contributed by atoms with Gasteiger partial charge in [0.1, 0.15) is 12.6 Å². The second-order valence-electron chi connectivity index (χ2n) is 4.57. The van der Waals surface area contributed by atoms with Crippen molar-refractivity contribution >= 4 is 23.9 Å². The van der Waals surface area contributed by atoms with E-state index in [9.17, 15) is 9.59 Å². The third-order valence-electron chi connectivity index (χ3n) is 3.13. The standard InChI is InChI=1S/C17H17NO2/c1-2-11-18(16-7-3-14(12-19)4-8-16)17-9-5-15(13-20)6-10-17/h3-10,12-13H,2,11H2,1H3. The van der Waals surface area contributed by atoms with Crippen LogP contribution in [0.5, 0.6) is 0 Å². The van der Waals surface area contributed by atoms with Crippen LogP contribution in [0.3, 0.4) is 0 Å². The second kappa shape index (κ2) is 6.66. The van der Waals surface area contributed by atoms with Crippen molar-refractivity contribution in [3.63, 3.8) is 0 Å². The maximum atomic E-state index is 10.7. The van der Waals surface area contributed by atoms with Crippen LogP contribution >= 0.6 is 0 Å². The van der Waals surface area contributed by atoms with Crippen LogP contribution in [-0.4, -0.2) is 19.1 Å². The van der Waals surface area contributed by atoms with Crippen molar-refractivity contribution in [1.82, 2.24) is 0 Å². The fourth-order valence-electron chi connectivity index (χ4n) is 2.10. The Kier molecular flexibility index (Phi) is 4.66. The Bertz CT molecular complexity index is 521. The summed E-state index contributed by atoms with van der Waals surface area (Å²) in [5, 5.41) is 0. The van der Waals surface area contributed by atoms with Crippen molar-refractivity contribution in [2.45, 2.75) is 13.3 Å². The lowest BCUT2D eigenvalue weighted by Crippen LogP contribution is -2.17. The van der Waals surface area contributed by atoms with Gasteiger partial charge in [0.15, 0.2) is 0 Å². The molecule has 2 aromatic carbocycles. The number of nitrogens with zero attached hydrogens (tertiary/aromatic N) is 1. The molecule has 0 N–H and O–H groups in total. The molecule has 102 valence electrons. The third-order valence-corrected chi connectivity index (χ3v) is 3.13. The predicted octanol–water partition coefficient (Wildman–Crippen LogP) is 3.86. The van der Waals surface area contributed by atoms with Crippen molar-refractivity contribution in [1.29, 1.82) is 0 Å². The van der Waals surface area contributed by atoms with E-state index in [-0.39, 0.29) is 0 Å². The molecule has 0 spiro atoms. The zero-order chi connectivity index (χ0) is 14.4. The van der Waals surface area contributed by atoms with Gasteiger partial charge in [-0.15, -0.1) is 0 Å². The van der Waals surface area contributed by atoms with Crippen LogP contribution in [0.25, 0.3) is 0 Å². The van der Waals surface area contributed by atoms with Crippen molar-refractivity contribution in [2.75, 3.05) is 11.4 Å². The third kappa shape index (κ3) is 3.12. The average Bonchev–Trinajstić information content (AvgIpc) is 2.53. The highest BCUT2D eigenvalue weighted by Gasteiger charge is 2.08. The summed E-state index contributed by atoms with van der Waals surface area (Å²) in [6, 6.07) is 15.0. The van der Waals surface area contributed by atoms with Gasteiger partial charge in [0, 0.05) is 29.0 Å². The summed E-state index contributed by atoms with van der Waals surface area (Å²) in [5.74, 6) is 0. The number of hydrogen-bond donors (Lipinski definition) is 0. The zero-order valence-electron chi connectivity index (χ0n) is 11.5. The summed E-state index contributed by atoms with van der Waals surface area (Å²) in [6.07, 6.45) is 2.69. The molecule has 0 radical (unpaired) electrons. The van der Waals surface area contributed by atoms with Crippen molar-refractivity contribution < 1.29 is 9.59 Å². The molecule has 0 bridgehead atoms. The largest absolute Gasteiger partial charge is 0.342 e. The fraction of sp³-hybridized carbons (Fsp3) is 0.176. The smallest absolute Gasteiger partial charge is 0.150 e. The van der Waals surface area contributed by atoms with E-state index in [2.05, 4.69) is 11.8 Å². The van der Waals surface area contributed by atoms with Gasteiger partial charge in [-0.3, -0.25) is 9.59 Å². The molecule has 0 fully saturated rings. The van der Waals surface area contributed by atoms with E-state index in [4.69, 9.17) is 0 Å². The molecule has 3 nitrogen and oxygen atoms in total. The van der Waals surface area contributed by atoms with E-state index in [0.717, 1.165) is 36.9 Å². The fourth-order valence-corrected chi connectivity index (χ4v) is 2.10. The molecule has 0 heterocycles. The van der Waals surface area contributed by atoms with Gasteiger partial charge >= 0.3 is 0 Å². The Morgan fingerprint density at radius 2 is 1.20 bits per heavy atom. The van der Waals surface area contributed by atoms with Gasteiger partial charge < -0.3 is 4.90 Å². The van der Waals surface area contributed by atoms with Crippen molar-refractivity contribution in [3.8, 4) is 0 Å². The summed E-state index contributed by atoms with van der Waals surface area (Å²) in [6.45, 7) is 2.99. The molecule has 0 atom stereocenters. The molecule has 0 saturated carbocycles. The number of carbonyl (C=O) groups is 2. The predicted molar refractivity (Wildman–Crippen MR) is 81.0 cm³/mol. The van der Waals surface area contributed by atoms with E-state index in [1.165, 1.54) is 0 Å². The van der Waals surface area contributed by atoms with E-state index in [1.54, 1.807) is 0 Å². The van der Waals surface area contributed by atoms with Crippen LogP contribution in [0.2, 0.25) is 0 Å². The maximum absolute atomic E-state index is 10.7. The minimum atomic E-state index is 0.668. The molecule has 0 amide bonds. The molecule has 0 aromatic heterocycles. The molecule has 3 heteroatoms. The summed E-state index contributed by atoms with van der Waals surface area (Å²) in [4.78, 5) is 23.6. The average molecular weight is 267 g/mol. The molecule has 2 aromatic rings. The monoisotopic (exact) mass is 267 g/mol. The Balaban J connectivity index is 2.32. The van der Waals surface area contributed by atoms with Gasteiger partial charge in [-0.05, 0) is 55.0 Å². The van der Waals surface area contributed by atoms with E-state index in [1.807, 2.05) is 48.5 Å². The zero-order valence-corrected chi connectivity index (χ0v) is 11.5. The number of benzene rings is 2. The first kappa shape index (κ1) is 14.0. The molecule has 0 aliphatic rings. The van der Waals surface area contributed by atoms with Crippen LogP contribution in [0.4, 0.5) is 11.4 Å². The molecule has 20 heavy (non-hydrogen) atoms. The molecule has 0 aliphatic heterocycles. The lowest BCUT2D eigenvalue weighted by Gasteiger charge is -2.24. The summed E-state index contributed by atoms with van der Waals surface area (Å²) >= 11 is 0. The van der Waals surface area contributed by atoms with Crippen LogP contribution < -0.4 is 4.90 Å². The van der Waals surface area contributed by atoms with Crippen LogP contribution in [0.15, 0.2) is 48.5 Å². The van der Waals surface area contributed by atoms with Gasteiger partial charge in [-0.2, -0.15) is 0 Å². The number of hydrogen-bond acceptors (Lipinski definition) is 3. The maximum Gasteiger partial charge on any atom is 0.150 e. The molecule has 0 saturated heterocycles. The van der Waals surface area contributed by atoms with Gasteiger partial charge in [-0.25, -0.2) is 0 Å². The summed E-state index contributed by atoms with van der Waals surface area (Å²) in [5.41, 5.74) is 3.41. The minimum absolute atomic E-state index is 0.668. The number of carbonyl (C=O) groups excluding carboxylic acids is 2. The van der Waals surface area contributed by atoms with Crippen LogP contribution in [-0.2, 0) is 0 Å². The highest BCUT2D eigenvalue weighted by atomic mass is 16.1. The highest BCUT2D eigenvalue weighted by molar-refractivity contribution is 5.78. The van der Waals surface area contributed by atoms with E-state index in [0.29, 0.717) is 11.1 Å². The molecular formula is C17H17NO2. The number of aldehydes is 2. The lowest BCUT2D eigenvalue weighted by molar-refractivity contribution is 0.111. The van der Waals surface area contributed by atoms with Crippen molar-refractivity contribution in [3.05, 3.63) is 59.7 Å². The van der Waals surface area contributed by atoms with Gasteiger partial charge in [-0.1, -0.05) is 6.92 Å². The molecular weight excluding hydrogens is 250 g/mol. The first-order chi connectivity index (χ1) is 9.78. The first-order valence-corrected chi connectivity index (χ1v) is 6.66. The topological polar surface area (TPSA) is 37.4 Å². The summed E-state index contributed by atoms with van der Waals surface area (Å²) < 4.78 is 0. The summed E-state index contributed by atoms with van der Waals surface area (Å²) in [7, 11) is 0. The minimum Gasteiger partial charge on any atom is -0.342 e. The van der Waals surface area contributed by atoms with Crippen LogP contribution in [0.1, 0.15) is 34.1 Å². The molecule has 0 unspecified atom stereocenters. The normalized spacial score (nSPS) is 10.1. The molecule has 0 aliphatic carbocycles. The molecule has 2 rings (SSSR count). The van der Waals surface area contributed by atoms with E-state index < -0.39 is 0 Å². The van der Waals surface area contributed by atoms with E-state index >= 15 is 0 Å². The van der Waals surface area contributed by atoms with Gasteiger partial charge in [0.25, 0.3) is 0 Å². The van der Waals surface area contributed by atoms with Crippen molar-refractivity contribution in [2.24, 2.45) is 0 Å². The highest BCUT2D eigenvalue weighted by Crippen LogP contribution is 2.25. The second-order valence-corrected chi connectivity index (χ2v) is 4.57. The Morgan fingerprint density at radius 3 is 1.50 bits per heavy atom. The SMILES string of the molecule is CCCN(c1ccc(C=O)cc1)c1ccc(C=O)cc1. The van der Waals surface area contributed by atoms with Crippen LogP contribution in [0, 0.1) is 0 Å². The Labute approximate surface area is 118 Å². The number of rotatable bonds is 6. The van der Waals surface area contributed by atoms with Gasteiger partial charge in [0.05, 0.1) is 0 Å². The Hall–Kier alpha value is -2.42.